The van der Waals surface area contributed by atoms with Gasteiger partial charge in [-0.25, -0.2) is 0 Å². The van der Waals surface area contributed by atoms with Gasteiger partial charge >= 0.3 is 179 Å². The van der Waals surface area contributed by atoms with Gasteiger partial charge in [-0.1, -0.05) is 0 Å². The second-order valence-electron chi connectivity index (χ2n) is 8.77. The molecular formula is C28H32Ge. The summed E-state index contributed by atoms with van der Waals surface area (Å²) in [6, 6.07) is 34.3. The van der Waals surface area contributed by atoms with Crippen LogP contribution in [0.25, 0.3) is 0 Å². The Morgan fingerprint density at radius 1 is 0.759 bits per heavy atom. The minimum atomic E-state index is -2.80. The van der Waals surface area contributed by atoms with Crippen LogP contribution in [0.3, 0.4) is 0 Å². The average molecular weight is 441 g/mol. The van der Waals surface area contributed by atoms with E-state index < -0.39 is 13.3 Å². The number of allylic oxidation sites excluding steroid dienone is 2. The molecule has 0 fully saturated rings. The topological polar surface area (TPSA) is 0 Å². The van der Waals surface area contributed by atoms with E-state index in [4.69, 9.17) is 0 Å². The van der Waals surface area contributed by atoms with Crippen molar-refractivity contribution < 1.29 is 0 Å². The molecule has 1 aliphatic rings. The molecule has 0 bridgehead atoms. The van der Waals surface area contributed by atoms with Gasteiger partial charge in [-0.2, -0.15) is 0 Å². The van der Waals surface area contributed by atoms with Gasteiger partial charge in [-0.15, -0.1) is 0 Å². The Labute approximate surface area is 179 Å². The quantitative estimate of drug-likeness (QED) is 0.348. The van der Waals surface area contributed by atoms with Crippen LogP contribution in [0.2, 0.25) is 5.25 Å². The van der Waals surface area contributed by atoms with Crippen molar-refractivity contribution in [3.63, 3.8) is 0 Å². The van der Waals surface area contributed by atoms with Gasteiger partial charge in [-0.3, -0.25) is 0 Å². The van der Waals surface area contributed by atoms with Crippen LogP contribution >= 0.6 is 0 Å². The van der Waals surface area contributed by atoms with Crippen molar-refractivity contribution in [3.8, 4) is 0 Å². The minimum absolute atomic E-state index is 0.722. The molecule has 4 rings (SSSR count). The van der Waals surface area contributed by atoms with Crippen molar-refractivity contribution in [1.29, 1.82) is 0 Å². The fraction of sp³-hybridized carbons (Fsp3) is 0.286. The Morgan fingerprint density at radius 3 is 1.59 bits per heavy atom. The molecular weight excluding hydrogens is 409 g/mol. The second kappa shape index (κ2) is 9.17. The van der Waals surface area contributed by atoms with Crippen molar-refractivity contribution in [1.82, 2.24) is 0 Å². The summed E-state index contributed by atoms with van der Waals surface area (Å²) >= 11 is -2.80. The van der Waals surface area contributed by atoms with Crippen LogP contribution in [0.5, 0.6) is 0 Å². The molecule has 2 unspecified atom stereocenters. The molecule has 29 heavy (non-hydrogen) atoms. The van der Waals surface area contributed by atoms with Gasteiger partial charge in [-0.05, 0) is 0 Å². The third-order valence-corrected chi connectivity index (χ3v) is 17.8. The Hall–Kier alpha value is -2.06. The molecule has 0 heterocycles. The van der Waals surface area contributed by atoms with Crippen molar-refractivity contribution in [2.45, 2.75) is 38.4 Å². The summed E-state index contributed by atoms with van der Waals surface area (Å²) in [5.41, 5.74) is 1.58. The third-order valence-electron chi connectivity index (χ3n) is 6.91. The van der Waals surface area contributed by atoms with Crippen LogP contribution in [0, 0.1) is 11.8 Å². The first-order chi connectivity index (χ1) is 14.2. The molecule has 0 aliphatic heterocycles. The van der Waals surface area contributed by atoms with Gasteiger partial charge in [0.15, 0.2) is 0 Å². The molecule has 0 aromatic heterocycles. The van der Waals surface area contributed by atoms with Gasteiger partial charge in [0.25, 0.3) is 0 Å². The van der Waals surface area contributed by atoms with Gasteiger partial charge in [0.1, 0.15) is 0 Å². The monoisotopic (exact) mass is 442 g/mol. The Balaban J connectivity index is 1.84. The number of hydrogen-bond donors (Lipinski definition) is 0. The zero-order valence-corrected chi connectivity index (χ0v) is 19.8. The van der Waals surface area contributed by atoms with Crippen molar-refractivity contribution in [3.05, 3.63) is 103 Å². The zero-order valence-electron chi connectivity index (χ0n) is 17.7. The predicted octanol–water partition coefficient (Wildman–Crippen LogP) is 5.54. The molecule has 148 valence electrons. The van der Waals surface area contributed by atoms with Gasteiger partial charge in [0.05, 0.1) is 0 Å². The van der Waals surface area contributed by atoms with Crippen LogP contribution in [-0.4, -0.2) is 13.3 Å². The SMILES string of the molecule is CC1=CCC(C(C)[CH2][Ge]([c]2ccccc2)([c]2ccccc2)[c]2ccccc2)CC1. The first kappa shape index (κ1) is 20.2. The Bertz CT molecular complexity index is 831. The molecule has 0 saturated heterocycles. The summed E-state index contributed by atoms with van der Waals surface area (Å²) in [6.45, 7) is 4.81. The van der Waals surface area contributed by atoms with Gasteiger partial charge in [0, 0.05) is 0 Å². The van der Waals surface area contributed by atoms with Gasteiger partial charge < -0.3 is 0 Å². The maximum atomic E-state index is 2.52. The molecule has 0 N–H and O–H groups in total. The molecule has 1 heteroatoms. The summed E-state index contributed by atoms with van der Waals surface area (Å²) in [7, 11) is 0. The second-order valence-corrected chi connectivity index (χ2v) is 17.1. The molecule has 3 aromatic rings. The van der Waals surface area contributed by atoms with Crippen LogP contribution in [0.4, 0.5) is 0 Å². The van der Waals surface area contributed by atoms with E-state index in [0.29, 0.717) is 0 Å². The molecule has 0 amide bonds. The van der Waals surface area contributed by atoms with Crippen LogP contribution < -0.4 is 13.2 Å². The summed E-state index contributed by atoms with van der Waals surface area (Å²) in [6.07, 6.45) is 6.37. The van der Waals surface area contributed by atoms with E-state index >= 15 is 0 Å². The Kier molecular flexibility index (Phi) is 6.40. The standard InChI is InChI=1S/C28H32Ge/c1-23-18-20-25(21-19-23)24(2)22-29(26-12-6-3-7-13-26,27-14-8-4-9-15-27)28-16-10-5-11-17-28/h3-18,24-25H,19-22H2,1-2H3. The van der Waals surface area contributed by atoms with E-state index in [1.54, 1.807) is 18.8 Å². The molecule has 0 saturated carbocycles. The van der Waals surface area contributed by atoms with E-state index in [1.165, 1.54) is 24.5 Å². The normalized spacial score (nSPS) is 18.1. The molecule has 0 nitrogen and oxygen atoms in total. The molecule has 3 aromatic carbocycles. The summed E-state index contributed by atoms with van der Waals surface area (Å²) < 4.78 is 4.75. The average Bonchev–Trinajstić information content (AvgIpc) is 2.79. The molecule has 2 atom stereocenters. The molecule has 0 radical (unpaired) electrons. The van der Waals surface area contributed by atoms with E-state index in [9.17, 15) is 0 Å². The van der Waals surface area contributed by atoms with Crippen LogP contribution in [-0.2, 0) is 0 Å². The fourth-order valence-corrected chi connectivity index (χ4v) is 16.3. The van der Waals surface area contributed by atoms with Crippen molar-refractivity contribution >= 4 is 26.5 Å². The van der Waals surface area contributed by atoms with E-state index in [2.05, 4.69) is 111 Å². The summed E-state index contributed by atoms with van der Waals surface area (Å²) in [4.78, 5) is 0. The fourth-order valence-electron chi connectivity index (χ4n) is 5.17. The summed E-state index contributed by atoms with van der Waals surface area (Å²) in [5.74, 6) is 1.53. The van der Waals surface area contributed by atoms with Crippen LogP contribution in [0.1, 0.15) is 33.1 Å². The van der Waals surface area contributed by atoms with Crippen molar-refractivity contribution in [2.75, 3.05) is 0 Å². The number of hydrogen-bond acceptors (Lipinski definition) is 0. The Morgan fingerprint density at radius 2 is 1.21 bits per heavy atom. The van der Waals surface area contributed by atoms with Crippen LogP contribution in [0.15, 0.2) is 103 Å². The zero-order chi connectivity index (χ0) is 20.1. The van der Waals surface area contributed by atoms with E-state index in [0.717, 1.165) is 11.8 Å². The summed E-state index contributed by atoms with van der Waals surface area (Å²) in [5, 5.41) is 1.32. The van der Waals surface area contributed by atoms with E-state index in [1.807, 2.05) is 0 Å². The first-order valence-corrected chi connectivity index (χ1v) is 15.7. The molecule has 0 spiro atoms. The number of rotatable bonds is 6. The maximum absolute atomic E-state index is 2.80. The number of benzene rings is 3. The third kappa shape index (κ3) is 4.28. The molecule has 1 aliphatic carbocycles. The van der Waals surface area contributed by atoms with Gasteiger partial charge in [0.2, 0.25) is 0 Å². The van der Waals surface area contributed by atoms with Crippen molar-refractivity contribution in [2.24, 2.45) is 11.8 Å². The van der Waals surface area contributed by atoms with E-state index in [-0.39, 0.29) is 0 Å². The predicted molar refractivity (Wildman–Crippen MR) is 129 cm³/mol. The first-order valence-electron chi connectivity index (χ1n) is 11.0.